The molecule has 0 spiro atoms. The normalized spacial score (nSPS) is 27.4. The number of rotatable bonds is 4. The van der Waals surface area contributed by atoms with Crippen LogP contribution in [0.25, 0.3) is 0 Å². The van der Waals surface area contributed by atoms with Gasteiger partial charge in [-0.3, -0.25) is 9.69 Å². The van der Waals surface area contributed by atoms with Gasteiger partial charge in [0.25, 0.3) is 0 Å². The van der Waals surface area contributed by atoms with Crippen molar-refractivity contribution in [2.75, 3.05) is 26.7 Å². The maximum Gasteiger partial charge on any atom is 0.234 e. The highest BCUT2D eigenvalue weighted by Crippen LogP contribution is 2.17. The van der Waals surface area contributed by atoms with Crippen LogP contribution in [0.2, 0.25) is 0 Å². The fourth-order valence-electron chi connectivity index (χ4n) is 2.76. The first-order valence-corrected chi connectivity index (χ1v) is 6.47. The lowest BCUT2D eigenvalue weighted by Crippen LogP contribution is -2.41. The summed E-state index contributed by atoms with van der Waals surface area (Å²) < 4.78 is 0. The Morgan fingerprint density at radius 2 is 2.00 bits per heavy atom. The van der Waals surface area contributed by atoms with Gasteiger partial charge < -0.3 is 10.6 Å². The Labute approximate surface area is 97.8 Å². The molecule has 0 radical (unpaired) electrons. The van der Waals surface area contributed by atoms with Gasteiger partial charge in [0, 0.05) is 25.2 Å². The summed E-state index contributed by atoms with van der Waals surface area (Å²) in [5.41, 5.74) is 0. The molecule has 2 aliphatic rings. The van der Waals surface area contributed by atoms with Gasteiger partial charge in [-0.2, -0.15) is 0 Å². The van der Waals surface area contributed by atoms with Crippen molar-refractivity contribution in [1.82, 2.24) is 15.5 Å². The van der Waals surface area contributed by atoms with E-state index in [9.17, 15) is 4.79 Å². The van der Waals surface area contributed by atoms with Gasteiger partial charge in [-0.25, -0.2) is 0 Å². The lowest BCUT2D eigenvalue weighted by molar-refractivity contribution is -0.122. The number of hydrogen-bond acceptors (Lipinski definition) is 3. The molecule has 1 amide bonds. The van der Waals surface area contributed by atoms with Gasteiger partial charge in [0.15, 0.2) is 0 Å². The van der Waals surface area contributed by atoms with E-state index in [1.54, 1.807) is 0 Å². The maximum absolute atomic E-state index is 11.8. The molecule has 4 nitrogen and oxygen atoms in total. The van der Waals surface area contributed by atoms with Crippen LogP contribution in [0.4, 0.5) is 0 Å². The Kier molecular flexibility index (Phi) is 4.18. The van der Waals surface area contributed by atoms with Crippen molar-refractivity contribution in [2.24, 2.45) is 0 Å². The molecule has 2 rings (SSSR count). The van der Waals surface area contributed by atoms with Crippen molar-refractivity contribution < 1.29 is 4.79 Å². The first kappa shape index (κ1) is 11.9. The predicted octanol–water partition coefficient (Wildman–Crippen LogP) is 0.339. The molecule has 1 saturated carbocycles. The summed E-state index contributed by atoms with van der Waals surface area (Å²) in [4.78, 5) is 14.0. The summed E-state index contributed by atoms with van der Waals surface area (Å²) in [5.74, 6) is 0.212. The molecular weight excluding hydrogens is 202 g/mol. The van der Waals surface area contributed by atoms with Crippen molar-refractivity contribution in [2.45, 2.75) is 44.2 Å². The van der Waals surface area contributed by atoms with Crippen LogP contribution in [0.5, 0.6) is 0 Å². The van der Waals surface area contributed by atoms with E-state index in [-0.39, 0.29) is 5.91 Å². The minimum Gasteiger partial charge on any atom is -0.352 e. The minimum atomic E-state index is 0.212. The lowest BCUT2D eigenvalue weighted by atomic mass is 10.2. The highest BCUT2D eigenvalue weighted by molar-refractivity contribution is 5.78. The first-order chi connectivity index (χ1) is 7.78. The van der Waals surface area contributed by atoms with Crippen LogP contribution in [-0.4, -0.2) is 49.6 Å². The second-order valence-electron chi connectivity index (χ2n) is 5.06. The van der Waals surface area contributed by atoms with Crippen LogP contribution >= 0.6 is 0 Å². The Hall–Kier alpha value is -0.610. The van der Waals surface area contributed by atoms with Gasteiger partial charge in [-0.1, -0.05) is 12.8 Å². The molecule has 1 unspecified atom stereocenters. The molecule has 2 N–H and O–H groups in total. The zero-order valence-electron chi connectivity index (χ0n) is 10.2. The Bertz CT molecular complexity index is 238. The van der Waals surface area contributed by atoms with Crippen LogP contribution in [0.15, 0.2) is 0 Å². The molecule has 1 aliphatic carbocycles. The highest BCUT2D eigenvalue weighted by Gasteiger charge is 2.24. The summed E-state index contributed by atoms with van der Waals surface area (Å²) in [5, 5.41) is 6.40. The number of nitrogens with zero attached hydrogens (tertiary/aromatic N) is 1. The molecule has 2 fully saturated rings. The summed E-state index contributed by atoms with van der Waals surface area (Å²) in [7, 11) is 1.99. The number of hydrogen-bond donors (Lipinski definition) is 2. The molecule has 92 valence electrons. The summed E-state index contributed by atoms with van der Waals surface area (Å²) in [6.07, 6.45) is 6.05. The quantitative estimate of drug-likeness (QED) is 0.725. The smallest absolute Gasteiger partial charge is 0.234 e. The van der Waals surface area contributed by atoms with E-state index in [0.29, 0.717) is 18.6 Å². The van der Waals surface area contributed by atoms with Gasteiger partial charge in [0.1, 0.15) is 0 Å². The van der Waals surface area contributed by atoms with Crippen LogP contribution in [-0.2, 0) is 4.79 Å². The van der Waals surface area contributed by atoms with Crippen molar-refractivity contribution in [3.8, 4) is 0 Å². The molecule has 0 aromatic rings. The van der Waals surface area contributed by atoms with E-state index in [2.05, 4.69) is 15.5 Å². The van der Waals surface area contributed by atoms with E-state index >= 15 is 0 Å². The maximum atomic E-state index is 11.8. The third kappa shape index (κ3) is 3.19. The van der Waals surface area contributed by atoms with Crippen LogP contribution in [0, 0.1) is 0 Å². The largest absolute Gasteiger partial charge is 0.352 e. The van der Waals surface area contributed by atoms with Crippen molar-refractivity contribution in [3.05, 3.63) is 0 Å². The summed E-state index contributed by atoms with van der Waals surface area (Å²) in [6, 6.07) is 1.02. The summed E-state index contributed by atoms with van der Waals surface area (Å²) in [6.45, 7) is 2.63. The third-order valence-corrected chi connectivity index (χ3v) is 3.77. The predicted molar refractivity (Wildman–Crippen MR) is 64.3 cm³/mol. The van der Waals surface area contributed by atoms with E-state index in [1.165, 1.54) is 25.7 Å². The zero-order valence-corrected chi connectivity index (χ0v) is 10.2. The molecule has 1 aliphatic heterocycles. The van der Waals surface area contributed by atoms with Gasteiger partial charge >= 0.3 is 0 Å². The standard InChI is InChI=1S/C12H23N3O/c1-13-11-6-7-15(8-11)9-12(16)14-10-4-2-3-5-10/h10-11,13H,2-9H2,1H3,(H,14,16). The van der Waals surface area contributed by atoms with Crippen LogP contribution in [0.3, 0.4) is 0 Å². The summed E-state index contributed by atoms with van der Waals surface area (Å²) >= 11 is 0. The average Bonchev–Trinajstić information content (AvgIpc) is 2.89. The third-order valence-electron chi connectivity index (χ3n) is 3.77. The molecule has 1 heterocycles. The molecule has 1 atom stereocenters. The van der Waals surface area contributed by atoms with Crippen molar-refractivity contribution >= 4 is 5.91 Å². The van der Waals surface area contributed by atoms with Gasteiger partial charge in [0.05, 0.1) is 6.54 Å². The second kappa shape index (κ2) is 5.64. The molecule has 1 saturated heterocycles. The Balaban J connectivity index is 1.67. The molecule has 0 bridgehead atoms. The molecule has 0 aromatic heterocycles. The molecular formula is C12H23N3O. The fraction of sp³-hybridized carbons (Fsp3) is 0.917. The number of likely N-dealkylation sites (tertiary alicyclic amines) is 1. The topological polar surface area (TPSA) is 44.4 Å². The van der Waals surface area contributed by atoms with Gasteiger partial charge in [-0.05, 0) is 26.3 Å². The van der Waals surface area contributed by atoms with E-state index in [4.69, 9.17) is 0 Å². The Morgan fingerprint density at radius 3 is 2.62 bits per heavy atom. The Morgan fingerprint density at radius 1 is 1.25 bits per heavy atom. The number of carbonyl (C=O) groups excluding carboxylic acids is 1. The minimum absolute atomic E-state index is 0.212. The lowest BCUT2D eigenvalue weighted by Gasteiger charge is -2.17. The van der Waals surface area contributed by atoms with Crippen LogP contribution < -0.4 is 10.6 Å². The number of likely N-dealkylation sites (N-methyl/N-ethyl adjacent to an activating group) is 1. The molecule has 16 heavy (non-hydrogen) atoms. The van der Waals surface area contributed by atoms with Gasteiger partial charge in [-0.15, -0.1) is 0 Å². The zero-order chi connectivity index (χ0) is 11.4. The fourth-order valence-corrected chi connectivity index (χ4v) is 2.76. The first-order valence-electron chi connectivity index (χ1n) is 6.47. The van der Waals surface area contributed by atoms with E-state index in [0.717, 1.165) is 19.5 Å². The van der Waals surface area contributed by atoms with Gasteiger partial charge in [0.2, 0.25) is 5.91 Å². The average molecular weight is 225 g/mol. The highest BCUT2D eigenvalue weighted by atomic mass is 16.2. The van der Waals surface area contributed by atoms with Crippen LogP contribution in [0.1, 0.15) is 32.1 Å². The van der Waals surface area contributed by atoms with E-state index in [1.807, 2.05) is 7.05 Å². The number of amides is 1. The number of carbonyl (C=O) groups is 1. The number of nitrogens with one attached hydrogen (secondary N) is 2. The van der Waals surface area contributed by atoms with Crippen molar-refractivity contribution in [1.29, 1.82) is 0 Å². The second-order valence-corrected chi connectivity index (χ2v) is 5.06. The molecule has 4 heteroatoms. The molecule has 0 aromatic carbocycles. The SMILES string of the molecule is CNC1CCN(CC(=O)NC2CCCC2)C1. The monoisotopic (exact) mass is 225 g/mol. The van der Waals surface area contributed by atoms with Crippen molar-refractivity contribution in [3.63, 3.8) is 0 Å². The van der Waals surface area contributed by atoms with E-state index < -0.39 is 0 Å².